The number of methoxy groups -OCH3 is 1. The number of anilines is 1. The van der Waals surface area contributed by atoms with Gasteiger partial charge >= 0.3 is 5.97 Å². The number of carboxylic acids is 1. The summed E-state index contributed by atoms with van der Waals surface area (Å²) in [5.41, 5.74) is 2.15. The minimum atomic E-state index is -1.09. The highest BCUT2D eigenvalue weighted by Gasteiger charge is 2.42. The first-order chi connectivity index (χ1) is 20.3. The van der Waals surface area contributed by atoms with Crippen molar-refractivity contribution in [2.45, 2.75) is 25.0 Å². The Morgan fingerprint density at radius 3 is 2.62 bits per heavy atom. The summed E-state index contributed by atoms with van der Waals surface area (Å²) in [7, 11) is 1.57. The van der Waals surface area contributed by atoms with Gasteiger partial charge < -0.3 is 29.6 Å². The Labute approximate surface area is 245 Å². The number of carbonyl (C=O) groups is 3. The highest BCUT2D eigenvalue weighted by atomic mass is 35.5. The van der Waals surface area contributed by atoms with Crippen LogP contribution >= 0.6 is 11.6 Å². The SMILES string of the molecule is COCCOc1cccc2c1CCN(C(=O)C1CC(c3cccc(Cl)c3F)=NO1)[C@H]2C(=O)Nc1ccc(C(=O)O)cc1. The summed E-state index contributed by atoms with van der Waals surface area (Å²) in [6, 6.07) is 14.4. The summed E-state index contributed by atoms with van der Waals surface area (Å²) in [4.78, 5) is 45.7. The molecule has 5 rings (SSSR count). The Morgan fingerprint density at radius 1 is 1.12 bits per heavy atom. The standard InChI is InChI=1S/C30H27ClFN3O7/c1-40-14-15-41-24-7-3-4-20-19(24)12-13-35(27(20)28(36)33-18-10-8-17(9-11-18)30(38)39)29(37)25-16-23(34-42-25)21-5-2-6-22(31)26(21)32/h2-11,25,27H,12-16H2,1H3,(H,33,36)(H,38,39)/t25?,27-/m1/s1. The number of carbonyl (C=O) groups excluding carboxylic acids is 2. The number of carboxylic acid groups (broad SMARTS) is 1. The second kappa shape index (κ2) is 12.6. The van der Waals surface area contributed by atoms with E-state index in [1.54, 1.807) is 31.4 Å². The van der Waals surface area contributed by atoms with Gasteiger partial charge in [-0.25, -0.2) is 9.18 Å². The van der Waals surface area contributed by atoms with Crippen LogP contribution in [0.1, 0.15) is 39.5 Å². The Hall–Kier alpha value is -4.48. The maximum Gasteiger partial charge on any atom is 0.335 e. The third-order valence-corrected chi connectivity index (χ3v) is 7.35. The lowest BCUT2D eigenvalue weighted by Crippen LogP contribution is -2.49. The predicted molar refractivity (Wildman–Crippen MR) is 151 cm³/mol. The van der Waals surface area contributed by atoms with Gasteiger partial charge in [0.2, 0.25) is 6.10 Å². The zero-order chi connectivity index (χ0) is 29.8. The van der Waals surface area contributed by atoms with Crippen LogP contribution in [-0.4, -0.2) is 66.5 Å². The summed E-state index contributed by atoms with van der Waals surface area (Å²) < 4.78 is 25.6. The third kappa shape index (κ3) is 5.93. The number of ether oxygens (including phenoxy) is 2. The van der Waals surface area contributed by atoms with Crippen molar-refractivity contribution in [3.63, 3.8) is 0 Å². The maximum atomic E-state index is 14.6. The Kier molecular flexibility index (Phi) is 8.69. The first kappa shape index (κ1) is 29.0. The third-order valence-electron chi connectivity index (χ3n) is 7.06. The maximum absolute atomic E-state index is 14.6. The number of oxime groups is 1. The van der Waals surface area contributed by atoms with Crippen molar-refractivity contribution in [3.05, 3.63) is 93.8 Å². The van der Waals surface area contributed by atoms with Crippen LogP contribution in [-0.2, 0) is 25.6 Å². The lowest BCUT2D eigenvalue weighted by atomic mass is 9.90. The molecule has 0 radical (unpaired) electrons. The second-order valence-electron chi connectivity index (χ2n) is 9.66. The molecule has 2 atom stereocenters. The van der Waals surface area contributed by atoms with Crippen molar-refractivity contribution in [1.29, 1.82) is 0 Å². The Bertz CT molecular complexity index is 1550. The molecular formula is C30H27ClFN3O7. The van der Waals surface area contributed by atoms with E-state index < -0.39 is 35.7 Å². The van der Waals surface area contributed by atoms with Crippen LogP contribution in [0.4, 0.5) is 10.1 Å². The minimum absolute atomic E-state index is 0.00931. The number of amides is 2. The quantitative estimate of drug-likeness (QED) is 0.350. The average Bonchev–Trinajstić information content (AvgIpc) is 3.48. The van der Waals surface area contributed by atoms with Gasteiger partial charge in [-0.05, 0) is 54.4 Å². The number of nitrogens with one attached hydrogen (secondary N) is 1. The van der Waals surface area contributed by atoms with Crippen molar-refractivity contribution < 1.29 is 38.2 Å². The van der Waals surface area contributed by atoms with Gasteiger partial charge in [-0.3, -0.25) is 9.59 Å². The fourth-order valence-electron chi connectivity index (χ4n) is 5.01. The van der Waals surface area contributed by atoms with Crippen molar-refractivity contribution in [3.8, 4) is 5.75 Å². The summed E-state index contributed by atoms with van der Waals surface area (Å²) in [6.45, 7) is 0.852. The molecule has 0 saturated carbocycles. The number of benzene rings is 3. The van der Waals surface area contributed by atoms with E-state index in [0.717, 1.165) is 5.56 Å². The lowest BCUT2D eigenvalue weighted by molar-refractivity contribution is -0.148. The van der Waals surface area contributed by atoms with Crippen LogP contribution in [0.3, 0.4) is 0 Å². The highest BCUT2D eigenvalue weighted by Crippen LogP contribution is 2.37. The summed E-state index contributed by atoms with van der Waals surface area (Å²) in [5.74, 6) is -2.17. The fourth-order valence-corrected chi connectivity index (χ4v) is 5.19. The molecule has 42 heavy (non-hydrogen) atoms. The van der Waals surface area contributed by atoms with E-state index in [0.29, 0.717) is 36.6 Å². The minimum Gasteiger partial charge on any atom is -0.491 e. The normalized spacial score (nSPS) is 17.6. The van der Waals surface area contributed by atoms with E-state index in [1.807, 2.05) is 0 Å². The first-order valence-electron chi connectivity index (χ1n) is 13.1. The number of hydrogen-bond donors (Lipinski definition) is 2. The van der Waals surface area contributed by atoms with Gasteiger partial charge in [0.05, 0.1) is 22.9 Å². The first-order valence-corrected chi connectivity index (χ1v) is 13.5. The largest absolute Gasteiger partial charge is 0.491 e. The van der Waals surface area contributed by atoms with E-state index in [2.05, 4.69) is 10.5 Å². The van der Waals surface area contributed by atoms with Crippen LogP contribution < -0.4 is 10.1 Å². The molecule has 1 unspecified atom stereocenters. The summed E-state index contributed by atoms with van der Waals surface area (Å²) >= 11 is 5.92. The summed E-state index contributed by atoms with van der Waals surface area (Å²) in [5, 5.41) is 15.9. The van der Waals surface area contributed by atoms with Gasteiger partial charge in [0.15, 0.2) is 5.82 Å². The number of fused-ring (bicyclic) bond motifs is 1. The van der Waals surface area contributed by atoms with Crippen LogP contribution in [0.5, 0.6) is 5.75 Å². The van der Waals surface area contributed by atoms with Gasteiger partial charge in [0, 0.05) is 36.9 Å². The fraction of sp³-hybridized carbons (Fsp3) is 0.267. The van der Waals surface area contributed by atoms with E-state index >= 15 is 0 Å². The molecule has 2 heterocycles. The molecule has 0 spiro atoms. The van der Waals surface area contributed by atoms with Crippen molar-refractivity contribution in [1.82, 2.24) is 4.90 Å². The molecule has 0 bridgehead atoms. The van der Waals surface area contributed by atoms with Crippen molar-refractivity contribution in [2.75, 3.05) is 32.2 Å². The van der Waals surface area contributed by atoms with Gasteiger partial charge in [-0.2, -0.15) is 0 Å². The van der Waals surface area contributed by atoms with E-state index in [1.165, 1.54) is 41.3 Å². The molecule has 0 fully saturated rings. The molecule has 0 aromatic heterocycles. The lowest BCUT2D eigenvalue weighted by Gasteiger charge is -2.37. The van der Waals surface area contributed by atoms with Gasteiger partial charge in [-0.15, -0.1) is 0 Å². The van der Waals surface area contributed by atoms with Crippen LogP contribution in [0, 0.1) is 5.82 Å². The summed E-state index contributed by atoms with van der Waals surface area (Å²) in [6.07, 6.45) is -0.679. The second-order valence-corrected chi connectivity index (χ2v) is 10.1. The smallest absolute Gasteiger partial charge is 0.335 e. The molecule has 10 nitrogen and oxygen atoms in total. The number of halogens is 2. The molecule has 12 heteroatoms. The molecule has 218 valence electrons. The van der Waals surface area contributed by atoms with Gasteiger partial charge in [0.25, 0.3) is 11.8 Å². The topological polar surface area (TPSA) is 127 Å². The van der Waals surface area contributed by atoms with Crippen molar-refractivity contribution in [2.24, 2.45) is 5.16 Å². The van der Waals surface area contributed by atoms with Crippen LogP contribution in [0.2, 0.25) is 5.02 Å². The monoisotopic (exact) mass is 595 g/mol. The zero-order valence-electron chi connectivity index (χ0n) is 22.5. The highest BCUT2D eigenvalue weighted by molar-refractivity contribution is 6.31. The molecule has 3 aromatic rings. The Morgan fingerprint density at radius 2 is 1.88 bits per heavy atom. The average molecular weight is 596 g/mol. The molecule has 3 aromatic carbocycles. The van der Waals surface area contributed by atoms with Crippen molar-refractivity contribution >= 4 is 40.8 Å². The van der Waals surface area contributed by atoms with Crippen LogP contribution in [0.15, 0.2) is 65.8 Å². The van der Waals surface area contributed by atoms with Gasteiger partial charge in [-0.1, -0.05) is 35.0 Å². The molecule has 2 amide bonds. The van der Waals surface area contributed by atoms with Crippen LogP contribution in [0.25, 0.3) is 0 Å². The van der Waals surface area contributed by atoms with E-state index in [-0.39, 0.29) is 34.8 Å². The molecule has 2 aliphatic rings. The molecule has 2 aliphatic heterocycles. The zero-order valence-corrected chi connectivity index (χ0v) is 23.3. The van der Waals surface area contributed by atoms with Gasteiger partial charge in [0.1, 0.15) is 18.4 Å². The van der Waals surface area contributed by atoms with E-state index in [9.17, 15) is 23.9 Å². The number of nitrogens with zero attached hydrogens (tertiary/aromatic N) is 2. The number of aromatic carboxylic acids is 1. The molecule has 0 aliphatic carbocycles. The molecular weight excluding hydrogens is 569 g/mol. The molecule has 2 N–H and O–H groups in total. The molecule has 0 saturated heterocycles. The predicted octanol–water partition coefficient (Wildman–Crippen LogP) is 4.46. The number of hydrogen-bond acceptors (Lipinski definition) is 7. The van der Waals surface area contributed by atoms with E-state index in [4.69, 9.17) is 25.9 Å². The number of rotatable bonds is 9. The Balaban J connectivity index is 1.42.